The highest BCUT2D eigenvalue weighted by Gasteiger charge is 2.39. The highest BCUT2D eigenvalue weighted by atomic mass is 16.7. The fourth-order valence-corrected chi connectivity index (χ4v) is 4.17. The Kier molecular flexibility index (Phi) is 6.17. The van der Waals surface area contributed by atoms with Crippen molar-refractivity contribution in [3.05, 3.63) is 33.5 Å². The molecule has 188 valence electrons. The zero-order chi connectivity index (χ0) is 24.7. The van der Waals surface area contributed by atoms with Gasteiger partial charge in [0.05, 0.1) is 19.0 Å². The summed E-state index contributed by atoms with van der Waals surface area (Å²) < 4.78 is 14.3. The van der Waals surface area contributed by atoms with Crippen molar-refractivity contribution in [1.82, 2.24) is 39.5 Å². The van der Waals surface area contributed by atoms with E-state index in [9.17, 15) is 19.8 Å². The van der Waals surface area contributed by atoms with Gasteiger partial charge in [-0.05, 0) is 0 Å². The number of aliphatic hydroxyl groups is 2. The topological polar surface area (TPSA) is 244 Å². The van der Waals surface area contributed by atoms with Crippen molar-refractivity contribution >= 4 is 23.1 Å². The zero-order valence-electron chi connectivity index (χ0n) is 18.2. The van der Waals surface area contributed by atoms with E-state index in [1.807, 2.05) is 0 Å². The van der Waals surface area contributed by atoms with Gasteiger partial charge >= 0.3 is 5.69 Å². The van der Waals surface area contributed by atoms with Crippen molar-refractivity contribution in [2.75, 3.05) is 24.6 Å². The van der Waals surface area contributed by atoms with Crippen LogP contribution in [0.4, 0.5) is 11.9 Å². The van der Waals surface area contributed by atoms with Gasteiger partial charge in [-0.1, -0.05) is 0 Å². The van der Waals surface area contributed by atoms with Crippen LogP contribution in [0.1, 0.15) is 25.3 Å². The highest BCUT2D eigenvalue weighted by Crippen LogP contribution is 2.31. The summed E-state index contributed by atoms with van der Waals surface area (Å²) in [5.74, 6) is -0.210. The third-order valence-corrected chi connectivity index (χ3v) is 5.90. The predicted octanol–water partition coefficient (Wildman–Crippen LogP) is -3.25. The van der Waals surface area contributed by atoms with Crippen LogP contribution in [0, 0.1) is 0 Å². The molecule has 3 aromatic heterocycles. The molecule has 2 aliphatic heterocycles. The van der Waals surface area contributed by atoms with Gasteiger partial charge in [0.25, 0.3) is 5.56 Å². The van der Waals surface area contributed by atoms with Gasteiger partial charge in [0, 0.05) is 19.4 Å². The maximum absolute atomic E-state index is 12.1. The molecule has 2 unspecified atom stereocenters. The van der Waals surface area contributed by atoms with Crippen molar-refractivity contribution < 1.29 is 24.5 Å². The smallest absolute Gasteiger partial charge is 0.354 e. The number of nitrogen functional groups attached to an aromatic ring is 2. The molecule has 2 aliphatic rings. The SMILES string of the molecule is Nc1ncn([C@H]2CC(ONC[C@H]3O[C@@H](n4cnc5c(=O)[nH]c(N)nc54)CC3O)[C@@H](CO)O2)c(=O)n1. The van der Waals surface area contributed by atoms with E-state index in [2.05, 4.69) is 30.4 Å². The maximum atomic E-state index is 12.1. The quantitative estimate of drug-likeness (QED) is 0.177. The second-order valence-electron chi connectivity index (χ2n) is 8.16. The third-order valence-electron chi connectivity index (χ3n) is 5.90. The third kappa shape index (κ3) is 4.47. The average Bonchev–Trinajstić information content (AvgIpc) is 3.51. The van der Waals surface area contributed by atoms with E-state index in [-0.39, 0.29) is 49.1 Å². The van der Waals surface area contributed by atoms with E-state index < -0.39 is 48.1 Å². The summed E-state index contributed by atoms with van der Waals surface area (Å²) >= 11 is 0. The number of nitrogens with two attached hydrogens (primary N) is 2. The molecule has 0 spiro atoms. The van der Waals surface area contributed by atoms with Crippen molar-refractivity contribution in [2.45, 2.75) is 49.7 Å². The minimum Gasteiger partial charge on any atom is -0.394 e. The Morgan fingerprint density at radius 1 is 1.11 bits per heavy atom. The van der Waals surface area contributed by atoms with Crippen LogP contribution in [-0.4, -0.2) is 81.8 Å². The molecule has 2 fully saturated rings. The standard InChI is InChI=1S/C18H24N10O7/c19-16-22-6-28(18(32)26-16)12-2-8(10(4-29)34-12)35-23-3-9-7(30)1-11(33-9)27-5-21-13-14(27)24-17(20)25-15(13)31/h5-12,23,29-30H,1-4H2,(H2,19,26,32)(H3,20,24,25,31)/t7?,8?,9-,10-,11-,12-/m1/s1. The van der Waals surface area contributed by atoms with Gasteiger partial charge in [-0.15, -0.1) is 0 Å². The minimum atomic E-state index is -0.848. The lowest BCUT2D eigenvalue weighted by atomic mass is 10.2. The summed E-state index contributed by atoms with van der Waals surface area (Å²) in [4.78, 5) is 47.6. The van der Waals surface area contributed by atoms with Crippen molar-refractivity contribution in [2.24, 2.45) is 0 Å². The number of hydrogen-bond donors (Lipinski definition) is 6. The number of hydroxylamine groups is 1. The number of aliphatic hydroxyl groups excluding tert-OH is 2. The number of rotatable bonds is 7. The van der Waals surface area contributed by atoms with E-state index in [4.69, 9.17) is 25.8 Å². The number of H-pyrrole nitrogens is 1. The molecule has 3 aromatic rings. The molecular formula is C18H24N10O7. The summed E-state index contributed by atoms with van der Waals surface area (Å²) in [6, 6.07) is 0. The molecule has 17 nitrogen and oxygen atoms in total. The van der Waals surface area contributed by atoms with Gasteiger partial charge in [0.1, 0.15) is 37.1 Å². The lowest BCUT2D eigenvalue weighted by molar-refractivity contribution is -0.104. The Morgan fingerprint density at radius 2 is 1.86 bits per heavy atom. The molecule has 0 radical (unpaired) electrons. The summed E-state index contributed by atoms with van der Waals surface area (Å²) in [6.45, 7) is -0.244. The summed E-state index contributed by atoms with van der Waals surface area (Å²) in [5.41, 5.74) is 13.0. The van der Waals surface area contributed by atoms with Crippen molar-refractivity contribution in [3.8, 4) is 0 Å². The predicted molar refractivity (Wildman–Crippen MR) is 116 cm³/mol. The molecule has 5 heterocycles. The molecule has 0 aliphatic carbocycles. The number of ether oxygens (including phenoxy) is 2. The van der Waals surface area contributed by atoms with Crippen LogP contribution >= 0.6 is 0 Å². The monoisotopic (exact) mass is 492 g/mol. The van der Waals surface area contributed by atoms with Gasteiger partial charge in [-0.25, -0.2) is 14.8 Å². The van der Waals surface area contributed by atoms with Crippen LogP contribution in [-0.2, 0) is 14.3 Å². The fraction of sp³-hybridized carbons (Fsp3) is 0.556. The molecule has 0 saturated carbocycles. The van der Waals surface area contributed by atoms with Crippen LogP contribution in [0.15, 0.2) is 22.2 Å². The molecule has 0 aromatic carbocycles. The normalized spacial score (nSPS) is 28.7. The van der Waals surface area contributed by atoms with E-state index in [0.29, 0.717) is 0 Å². The zero-order valence-corrected chi connectivity index (χ0v) is 18.2. The maximum Gasteiger partial charge on any atom is 0.354 e. The van der Waals surface area contributed by atoms with Crippen molar-refractivity contribution in [3.63, 3.8) is 0 Å². The Hall–Kier alpha value is -3.48. The molecule has 8 N–H and O–H groups in total. The molecule has 6 atom stereocenters. The van der Waals surface area contributed by atoms with Crippen LogP contribution in [0.5, 0.6) is 0 Å². The molecular weight excluding hydrogens is 468 g/mol. The second kappa shape index (κ2) is 9.29. The number of nitrogens with one attached hydrogen (secondary N) is 2. The minimum absolute atomic E-state index is 0.0577. The first-order valence-corrected chi connectivity index (χ1v) is 10.8. The average molecular weight is 492 g/mol. The molecule has 0 bridgehead atoms. The second-order valence-corrected chi connectivity index (χ2v) is 8.16. The lowest BCUT2D eigenvalue weighted by Crippen LogP contribution is -2.39. The Morgan fingerprint density at radius 3 is 2.63 bits per heavy atom. The largest absolute Gasteiger partial charge is 0.394 e. The first-order chi connectivity index (χ1) is 16.8. The number of fused-ring (bicyclic) bond motifs is 1. The number of nitrogens with zero attached hydrogens (tertiary/aromatic N) is 6. The number of hydrogen-bond acceptors (Lipinski definition) is 14. The van der Waals surface area contributed by atoms with Crippen LogP contribution in [0.3, 0.4) is 0 Å². The van der Waals surface area contributed by atoms with Crippen molar-refractivity contribution in [1.29, 1.82) is 0 Å². The number of imidazole rings is 1. The van der Waals surface area contributed by atoms with Crippen LogP contribution in [0.2, 0.25) is 0 Å². The fourth-order valence-electron chi connectivity index (χ4n) is 4.17. The van der Waals surface area contributed by atoms with Gasteiger partial charge in [0.15, 0.2) is 11.2 Å². The van der Waals surface area contributed by atoms with E-state index in [1.54, 1.807) is 0 Å². The lowest BCUT2D eigenvalue weighted by Gasteiger charge is -2.20. The van der Waals surface area contributed by atoms with Gasteiger partial charge in [-0.3, -0.25) is 23.8 Å². The van der Waals surface area contributed by atoms with Gasteiger partial charge < -0.3 is 31.2 Å². The highest BCUT2D eigenvalue weighted by molar-refractivity contribution is 5.70. The van der Waals surface area contributed by atoms with Gasteiger partial charge in [0.2, 0.25) is 11.9 Å². The first-order valence-electron chi connectivity index (χ1n) is 10.8. The molecule has 35 heavy (non-hydrogen) atoms. The van der Waals surface area contributed by atoms with Crippen LogP contribution < -0.4 is 28.2 Å². The summed E-state index contributed by atoms with van der Waals surface area (Å²) in [7, 11) is 0. The molecule has 2 saturated heterocycles. The Labute approximate surface area is 195 Å². The molecule has 17 heteroatoms. The van der Waals surface area contributed by atoms with Gasteiger partial charge in [-0.2, -0.15) is 15.4 Å². The van der Waals surface area contributed by atoms with Crippen LogP contribution in [0.25, 0.3) is 11.2 Å². The number of anilines is 2. The first kappa shape index (κ1) is 23.3. The number of aromatic nitrogens is 7. The van der Waals surface area contributed by atoms with E-state index in [0.717, 1.165) is 4.57 Å². The van der Waals surface area contributed by atoms with E-state index >= 15 is 0 Å². The van der Waals surface area contributed by atoms with E-state index in [1.165, 1.54) is 17.2 Å². The summed E-state index contributed by atoms with van der Waals surface area (Å²) in [5, 5.41) is 20.1. The summed E-state index contributed by atoms with van der Waals surface area (Å²) in [6.07, 6.45) is -1.13. The molecule has 5 rings (SSSR count). The Balaban J connectivity index is 1.20. The molecule has 0 amide bonds. The Bertz CT molecular complexity index is 1320. The number of aromatic amines is 1.